The van der Waals surface area contributed by atoms with E-state index in [0.29, 0.717) is 0 Å². The number of aromatic carboxylic acids is 2. The van der Waals surface area contributed by atoms with Crippen molar-refractivity contribution in [3.63, 3.8) is 0 Å². The SMILES string of the molecule is N#COc1ccc(C(=O)O)c2cccc(C(=O)O)c12. The van der Waals surface area contributed by atoms with Crippen molar-refractivity contribution in [1.82, 2.24) is 0 Å². The molecule has 2 aromatic carbocycles. The van der Waals surface area contributed by atoms with Crippen molar-refractivity contribution in [3.8, 4) is 12.0 Å². The Labute approximate surface area is 107 Å². The molecule has 0 aliphatic carbocycles. The number of hydrogen-bond acceptors (Lipinski definition) is 4. The highest BCUT2D eigenvalue weighted by Gasteiger charge is 2.18. The molecule has 0 aromatic heterocycles. The summed E-state index contributed by atoms with van der Waals surface area (Å²) in [6, 6.07) is 6.76. The van der Waals surface area contributed by atoms with Crippen LogP contribution in [-0.2, 0) is 0 Å². The molecule has 0 amide bonds. The summed E-state index contributed by atoms with van der Waals surface area (Å²) in [5.41, 5.74) is -0.172. The maximum Gasteiger partial charge on any atom is 0.336 e. The fourth-order valence-electron chi connectivity index (χ4n) is 1.87. The van der Waals surface area contributed by atoms with Gasteiger partial charge in [-0.05, 0) is 18.2 Å². The van der Waals surface area contributed by atoms with E-state index in [9.17, 15) is 9.59 Å². The van der Waals surface area contributed by atoms with E-state index in [2.05, 4.69) is 0 Å². The summed E-state index contributed by atoms with van der Waals surface area (Å²) < 4.78 is 4.69. The normalized spacial score (nSPS) is 9.84. The molecule has 0 atom stereocenters. The number of nitrogens with zero attached hydrogens (tertiary/aromatic N) is 1. The van der Waals surface area contributed by atoms with Gasteiger partial charge in [-0.2, -0.15) is 0 Å². The summed E-state index contributed by atoms with van der Waals surface area (Å²) in [5.74, 6) is -2.40. The minimum Gasteiger partial charge on any atom is -0.478 e. The summed E-state index contributed by atoms with van der Waals surface area (Å²) in [4.78, 5) is 22.3. The molecular formula is C13H7NO5. The topological polar surface area (TPSA) is 108 Å². The van der Waals surface area contributed by atoms with E-state index >= 15 is 0 Å². The zero-order valence-corrected chi connectivity index (χ0v) is 9.45. The molecule has 6 heteroatoms. The molecule has 19 heavy (non-hydrogen) atoms. The number of benzene rings is 2. The number of carbonyl (C=O) groups is 2. The van der Waals surface area contributed by atoms with E-state index in [4.69, 9.17) is 20.2 Å². The summed E-state index contributed by atoms with van der Waals surface area (Å²) in [6.07, 6.45) is 1.45. The average Bonchev–Trinajstić information content (AvgIpc) is 2.38. The van der Waals surface area contributed by atoms with Crippen molar-refractivity contribution < 1.29 is 24.5 Å². The van der Waals surface area contributed by atoms with E-state index in [1.54, 1.807) is 0 Å². The number of fused-ring (bicyclic) bond motifs is 1. The minimum absolute atomic E-state index is 0.0144. The van der Waals surface area contributed by atoms with Crippen molar-refractivity contribution in [3.05, 3.63) is 41.5 Å². The summed E-state index contributed by atoms with van der Waals surface area (Å²) in [7, 11) is 0. The Morgan fingerprint density at radius 2 is 1.74 bits per heavy atom. The lowest BCUT2D eigenvalue weighted by Gasteiger charge is -2.08. The fourth-order valence-corrected chi connectivity index (χ4v) is 1.87. The van der Waals surface area contributed by atoms with Gasteiger partial charge in [0.2, 0.25) is 0 Å². The molecule has 0 saturated heterocycles. The van der Waals surface area contributed by atoms with Crippen LogP contribution in [0.2, 0.25) is 0 Å². The van der Waals surface area contributed by atoms with E-state index in [-0.39, 0.29) is 27.6 Å². The van der Waals surface area contributed by atoms with Gasteiger partial charge in [0.25, 0.3) is 6.26 Å². The first-order chi connectivity index (χ1) is 9.06. The lowest BCUT2D eigenvalue weighted by atomic mass is 9.99. The molecule has 0 heterocycles. The molecule has 2 N–H and O–H groups in total. The van der Waals surface area contributed by atoms with Crippen LogP contribution in [0, 0.1) is 11.5 Å². The predicted molar refractivity (Wildman–Crippen MR) is 64.1 cm³/mol. The Kier molecular flexibility index (Phi) is 3.04. The van der Waals surface area contributed by atoms with E-state index in [0.717, 1.165) is 0 Å². The smallest absolute Gasteiger partial charge is 0.336 e. The van der Waals surface area contributed by atoms with Crippen LogP contribution in [0.1, 0.15) is 20.7 Å². The molecule has 6 nitrogen and oxygen atoms in total. The second-order valence-electron chi connectivity index (χ2n) is 3.64. The van der Waals surface area contributed by atoms with Gasteiger partial charge in [-0.3, -0.25) is 0 Å². The summed E-state index contributed by atoms with van der Waals surface area (Å²) >= 11 is 0. The molecule has 0 radical (unpaired) electrons. The van der Waals surface area contributed by atoms with Gasteiger partial charge in [0.05, 0.1) is 11.1 Å². The third-order valence-electron chi connectivity index (χ3n) is 2.62. The van der Waals surface area contributed by atoms with Gasteiger partial charge in [0, 0.05) is 10.8 Å². The first-order valence-electron chi connectivity index (χ1n) is 5.14. The highest BCUT2D eigenvalue weighted by atomic mass is 16.5. The third-order valence-corrected chi connectivity index (χ3v) is 2.62. The number of carboxylic acid groups (broad SMARTS) is 2. The van der Waals surface area contributed by atoms with Crippen LogP contribution in [0.4, 0.5) is 0 Å². The van der Waals surface area contributed by atoms with Crippen molar-refractivity contribution >= 4 is 22.7 Å². The Morgan fingerprint density at radius 3 is 2.32 bits per heavy atom. The minimum atomic E-state index is -1.23. The summed E-state index contributed by atoms with van der Waals surface area (Å²) in [5, 5.41) is 27.1. The molecule has 0 aliphatic rings. The van der Waals surface area contributed by atoms with Gasteiger partial charge in [-0.1, -0.05) is 12.1 Å². The molecule has 0 unspecified atom stereocenters. The van der Waals surface area contributed by atoms with Crippen molar-refractivity contribution in [1.29, 1.82) is 5.26 Å². The van der Waals surface area contributed by atoms with Crippen LogP contribution in [0.25, 0.3) is 10.8 Å². The van der Waals surface area contributed by atoms with E-state index in [1.807, 2.05) is 0 Å². The molecule has 0 saturated carbocycles. The number of ether oxygens (including phenoxy) is 1. The van der Waals surface area contributed by atoms with Gasteiger partial charge in [0.15, 0.2) is 5.75 Å². The van der Waals surface area contributed by atoms with Crippen LogP contribution in [0.3, 0.4) is 0 Å². The molecule has 0 fully saturated rings. The standard InChI is InChI=1S/C13H7NO5/c14-6-19-10-5-4-8(12(15)16)7-2-1-3-9(11(7)10)13(17)18/h1-5H,(H,15,16)(H,17,18). The van der Waals surface area contributed by atoms with Gasteiger partial charge < -0.3 is 14.9 Å². The Bertz CT molecular complexity index is 730. The lowest BCUT2D eigenvalue weighted by Crippen LogP contribution is -2.03. The van der Waals surface area contributed by atoms with Crippen LogP contribution in [0.15, 0.2) is 30.3 Å². The van der Waals surface area contributed by atoms with Gasteiger partial charge in [-0.25, -0.2) is 9.59 Å². The van der Waals surface area contributed by atoms with Gasteiger partial charge in [0.1, 0.15) is 0 Å². The Hall–Kier alpha value is -3.07. The molecule has 94 valence electrons. The van der Waals surface area contributed by atoms with Crippen LogP contribution in [-0.4, -0.2) is 22.2 Å². The fraction of sp³-hybridized carbons (Fsp3) is 0. The highest BCUT2D eigenvalue weighted by molar-refractivity contribution is 6.12. The number of hydrogen-bond donors (Lipinski definition) is 2. The van der Waals surface area contributed by atoms with Gasteiger partial charge in [-0.15, -0.1) is 5.26 Å². The monoisotopic (exact) mass is 257 g/mol. The zero-order valence-electron chi connectivity index (χ0n) is 9.45. The third kappa shape index (κ3) is 2.05. The number of carboxylic acids is 2. The molecular weight excluding hydrogens is 250 g/mol. The molecule has 2 rings (SSSR count). The largest absolute Gasteiger partial charge is 0.478 e. The van der Waals surface area contributed by atoms with Crippen molar-refractivity contribution in [2.75, 3.05) is 0 Å². The molecule has 2 aromatic rings. The second-order valence-corrected chi connectivity index (χ2v) is 3.64. The van der Waals surface area contributed by atoms with E-state index < -0.39 is 11.9 Å². The van der Waals surface area contributed by atoms with Crippen molar-refractivity contribution in [2.45, 2.75) is 0 Å². The molecule has 0 bridgehead atoms. The van der Waals surface area contributed by atoms with E-state index in [1.165, 1.54) is 36.6 Å². The second kappa shape index (κ2) is 4.66. The number of nitriles is 1. The first kappa shape index (κ1) is 12.4. The maximum atomic E-state index is 11.2. The van der Waals surface area contributed by atoms with Crippen LogP contribution >= 0.6 is 0 Å². The maximum absolute atomic E-state index is 11.2. The van der Waals surface area contributed by atoms with Gasteiger partial charge >= 0.3 is 11.9 Å². The lowest BCUT2D eigenvalue weighted by molar-refractivity contribution is 0.0686. The Balaban J connectivity index is 2.93. The zero-order chi connectivity index (χ0) is 14.0. The van der Waals surface area contributed by atoms with Crippen LogP contribution < -0.4 is 4.74 Å². The predicted octanol–water partition coefficient (Wildman–Crippen LogP) is 2.10. The molecule has 0 aliphatic heterocycles. The first-order valence-corrected chi connectivity index (χ1v) is 5.14. The Morgan fingerprint density at radius 1 is 1.05 bits per heavy atom. The van der Waals surface area contributed by atoms with Crippen LogP contribution in [0.5, 0.6) is 5.75 Å². The highest BCUT2D eigenvalue weighted by Crippen LogP contribution is 2.31. The van der Waals surface area contributed by atoms with Crippen molar-refractivity contribution in [2.24, 2.45) is 0 Å². The average molecular weight is 257 g/mol. The quantitative estimate of drug-likeness (QED) is 0.815. The molecule has 0 spiro atoms. The summed E-state index contributed by atoms with van der Waals surface area (Å²) in [6.45, 7) is 0. The number of rotatable bonds is 3.